The van der Waals surface area contributed by atoms with Crippen molar-refractivity contribution in [1.82, 2.24) is 0 Å². The lowest BCUT2D eigenvalue weighted by Crippen LogP contribution is -2.18. The van der Waals surface area contributed by atoms with E-state index in [9.17, 15) is 0 Å². The van der Waals surface area contributed by atoms with Crippen molar-refractivity contribution in [3.8, 4) is 11.1 Å². The summed E-state index contributed by atoms with van der Waals surface area (Å²) in [6.45, 7) is 30.3. The zero-order chi connectivity index (χ0) is 56.2. The molecule has 0 spiro atoms. The normalized spacial score (nSPS) is 10.6. The lowest BCUT2D eigenvalue weighted by atomic mass is 9.78. The van der Waals surface area contributed by atoms with E-state index in [4.69, 9.17) is 0 Å². The highest BCUT2D eigenvalue weighted by Gasteiger charge is 2.22. The minimum absolute atomic E-state index is 0.0708. The molecule has 0 unspecified atom stereocenters. The van der Waals surface area contributed by atoms with Gasteiger partial charge in [-0.2, -0.15) is 0 Å². The lowest BCUT2D eigenvalue weighted by Gasteiger charge is -2.26. The smallest absolute Gasteiger partial charge is 0.0146 e. The second kappa shape index (κ2) is 29.1. The van der Waals surface area contributed by atoms with Gasteiger partial charge in [0.25, 0.3) is 0 Å². The van der Waals surface area contributed by atoms with Crippen LogP contribution < -0.4 is 0 Å². The summed E-state index contributed by atoms with van der Waals surface area (Å²) in [6.07, 6.45) is 3.09. The number of hydrogen-bond donors (Lipinski definition) is 0. The van der Waals surface area contributed by atoms with E-state index in [1.807, 2.05) is 0 Å². The molecule has 10 rings (SSSR count). The molecule has 10 aromatic rings. The van der Waals surface area contributed by atoms with Gasteiger partial charge in [0.1, 0.15) is 0 Å². The quantitative estimate of drug-likeness (QED) is 0.135. The van der Waals surface area contributed by atoms with E-state index in [-0.39, 0.29) is 5.41 Å². The fourth-order valence-corrected chi connectivity index (χ4v) is 9.86. The average molecular weight is 1020 g/mol. The van der Waals surface area contributed by atoms with Gasteiger partial charge < -0.3 is 0 Å². The van der Waals surface area contributed by atoms with Crippen LogP contribution in [0.3, 0.4) is 0 Å². The minimum Gasteiger partial charge on any atom is -0.0617 e. The molecule has 0 amide bonds. The second-order valence-electron chi connectivity index (χ2n) is 22.5. The van der Waals surface area contributed by atoms with E-state index in [0.717, 1.165) is 19.3 Å². The zero-order valence-electron chi connectivity index (χ0n) is 49.6. The Balaban J connectivity index is 0.000000158. The van der Waals surface area contributed by atoms with Crippen LogP contribution in [-0.4, -0.2) is 0 Å². The molecule has 0 aliphatic rings. The Labute approximate surface area is 472 Å². The molecule has 0 heteroatoms. The van der Waals surface area contributed by atoms with Gasteiger partial charge in [-0.3, -0.25) is 0 Å². The van der Waals surface area contributed by atoms with Gasteiger partial charge >= 0.3 is 0 Å². The van der Waals surface area contributed by atoms with Crippen LogP contribution in [0, 0.1) is 83.1 Å². The van der Waals surface area contributed by atoms with Gasteiger partial charge in [0, 0.05) is 5.41 Å². The van der Waals surface area contributed by atoms with Crippen LogP contribution in [0.1, 0.15) is 125 Å². The predicted molar refractivity (Wildman–Crippen MR) is 341 cm³/mol. The predicted octanol–water partition coefficient (Wildman–Crippen LogP) is 20.9. The van der Waals surface area contributed by atoms with Gasteiger partial charge in [-0.25, -0.2) is 0 Å². The third-order valence-electron chi connectivity index (χ3n) is 14.4. The van der Waals surface area contributed by atoms with Crippen molar-refractivity contribution >= 4 is 0 Å². The summed E-state index contributed by atoms with van der Waals surface area (Å²) >= 11 is 0. The Bertz CT molecular complexity index is 3160. The number of benzene rings is 10. The van der Waals surface area contributed by atoms with E-state index in [0.29, 0.717) is 0 Å². The molecule has 0 saturated heterocycles. The molecule has 0 radical (unpaired) electrons. The van der Waals surface area contributed by atoms with Crippen LogP contribution in [0.25, 0.3) is 11.1 Å². The van der Waals surface area contributed by atoms with Crippen LogP contribution in [0.5, 0.6) is 0 Å². The standard InChI is InChI=1S/C17H20.C16H18.3C15H16/c1-13-5-9-15(10-6-13)17(3,4)16-11-7-14(2)8-12-16;1-11-5-7-15(13(3)9-11)16-8-6-12(2)10-14(16)4;2*1-12-5-3-7-14(9-12)11-15-8-4-6-13(2)10-15;1-12-6-8-14(9-7-12)11-15-5-3-4-13(2)10-15/h5-12H,1-4H3;5-10H,1-4H3;3*3-10H,11H2,1-2H3. The highest BCUT2D eigenvalue weighted by molar-refractivity contribution is 5.71. The Kier molecular flexibility index (Phi) is 22.2. The first kappa shape index (κ1) is 59.4. The SMILES string of the molecule is Cc1ccc(-c2ccc(C)cc2C)c(C)c1.Cc1ccc(C(C)(C)c2ccc(C)cc2)cc1.Cc1ccc(Cc2cccc(C)c2)cc1.Cc1cccc(Cc2cccc(C)c2)c1.Cc1cccc(Cc2cccc(C)c2)c1. The van der Waals surface area contributed by atoms with Crippen molar-refractivity contribution < 1.29 is 0 Å². The topological polar surface area (TPSA) is 0 Å². The summed E-state index contributed by atoms with van der Waals surface area (Å²) in [7, 11) is 0. The Morgan fingerprint density at radius 2 is 0.449 bits per heavy atom. The van der Waals surface area contributed by atoms with Crippen LogP contribution in [0.4, 0.5) is 0 Å². The highest BCUT2D eigenvalue weighted by atomic mass is 14.3. The zero-order valence-corrected chi connectivity index (χ0v) is 49.6. The Morgan fingerprint density at radius 3 is 0.705 bits per heavy atom. The van der Waals surface area contributed by atoms with Crippen molar-refractivity contribution in [1.29, 1.82) is 0 Å². The van der Waals surface area contributed by atoms with E-state index in [1.165, 1.54) is 122 Å². The molecule has 398 valence electrons. The van der Waals surface area contributed by atoms with Crippen molar-refractivity contribution in [2.75, 3.05) is 0 Å². The molecule has 0 nitrogen and oxygen atoms in total. The average Bonchev–Trinajstić information content (AvgIpc) is 3.39. The summed E-state index contributed by atoms with van der Waals surface area (Å²) in [5.41, 5.74) is 29.8. The summed E-state index contributed by atoms with van der Waals surface area (Å²) in [6, 6.07) is 83.3. The highest BCUT2D eigenvalue weighted by Crippen LogP contribution is 2.32. The molecule has 0 aliphatic heterocycles. The van der Waals surface area contributed by atoms with E-state index in [2.05, 4.69) is 327 Å². The molecule has 78 heavy (non-hydrogen) atoms. The molecule has 0 aromatic heterocycles. The minimum atomic E-state index is 0.0708. The first-order valence-corrected chi connectivity index (χ1v) is 27.9. The van der Waals surface area contributed by atoms with Gasteiger partial charge in [0.15, 0.2) is 0 Å². The number of rotatable bonds is 9. The van der Waals surface area contributed by atoms with Crippen molar-refractivity contribution in [3.05, 3.63) is 342 Å². The molecule has 0 aliphatic carbocycles. The summed E-state index contributed by atoms with van der Waals surface area (Å²) < 4.78 is 0. The van der Waals surface area contributed by atoms with Gasteiger partial charge in [0.2, 0.25) is 0 Å². The van der Waals surface area contributed by atoms with E-state index < -0.39 is 0 Å². The fourth-order valence-electron chi connectivity index (χ4n) is 9.86. The first-order chi connectivity index (χ1) is 37.3. The second-order valence-corrected chi connectivity index (χ2v) is 22.5. The van der Waals surface area contributed by atoms with Gasteiger partial charge in [0.05, 0.1) is 0 Å². The molecule has 0 heterocycles. The number of hydrogen-bond acceptors (Lipinski definition) is 0. The molecular formula is C78H86. The molecule has 10 aromatic carbocycles. The van der Waals surface area contributed by atoms with Gasteiger partial charge in [-0.05, 0) is 169 Å². The van der Waals surface area contributed by atoms with Crippen LogP contribution >= 0.6 is 0 Å². The van der Waals surface area contributed by atoms with E-state index >= 15 is 0 Å². The third kappa shape index (κ3) is 19.3. The summed E-state index contributed by atoms with van der Waals surface area (Å²) in [4.78, 5) is 0. The maximum absolute atomic E-state index is 2.28. The van der Waals surface area contributed by atoms with Crippen LogP contribution in [-0.2, 0) is 24.7 Å². The van der Waals surface area contributed by atoms with Crippen LogP contribution in [0.15, 0.2) is 231 Å². The van der Waals surface area contributed by atoms with Crippen molar-refractivity contribution in [2.45, 2.75) is 122 Å². The van der Waals surface area contributed by atoms with E-state index in [1.54, 1.807) is 0 Å². The molecule has 0 atom stereocenters. The summed E-state index contributed by atoms with van der Waals surface area (Å²) in [5.74, 6) is 0. The number of aryl methyl sites for hydroxylation is 12. The Hall–Kier alpha value is -7.80. The maximum Gasteiger partial charge on any atom is 0.0146 e. The largest absolute Gasteiger partial charge is 0.0617 e. The van der Waals surface area contributed by atoms with Crippen molar-refractivity contribution in [3.63, 3.8) is 0 Å². The molecule has 0 bridgehead atoms. The molecule has 0 fully saturated rings. The molecule has 0 N–H and O–H groups in total. The van der Waals surface area contributed by atoms with Gasteiger partial charge in [-0.1, -0.05) is 300 Å². The molecule has 0 saturated carbocycles. The monoisotopic (exact) mass is 1020 g/mol. The third-order valence-corrected chi connectivity index (χ3v) is 14.4. The maximum atomic E-state index is 2.28. The first-order valence-electron chi connectivity index (χ1n) is 27.9. The van der Waals surface area contributed by atoms with Gasteiger partial charge in [-0.15, -0.1) is 0 Å². The van der Waals surface area contributed by atoms with Crippen LogP contribution in [0.2, 0.25) is 0 Å². The Morgan fingerprint density at radius 1 is 0.218 bits per heavy atom. The molecular weight excluding hydrogens is 937 g/mol. The summed E-state index contributed by atoms with van der Waals surface area (Å²) in [5, 5.41) is 0. The van der Waals surface area contributed by atoms with Crippen molar-refractivity contribution in [2.24, 2.45) is 0 Å². The lowest BCUT2D eigenvalue weighted by molar-refractivity contribution is 0.640. The fraction of sp³-hybridized carbons (Fsp3) is 0.231.